The second-order valence-corrected chi connectivity index (χ2v) is 12.8. The molecule has 35 heavy (non-hydrogen) atoms. The van der Waals surface area contributed by atoms with Crippen molar-refractivity contribution in [1.82, 2.24) is 0 Å². The highest BCUT2D eigenvalue weighted by molar-refractivity contribution is 6.22. The average Bonchev–Trinajstić information content (AvgIpc) is 3.11. The second-order valence-electron chi connectivity index (χ2n) is 12.8. The molecular formula is C30H37NO4. The molecule has 186 valence electrons. The van der Waals surface area contributed by atoms with Gasteiger partial charge in [-0.05, 0) is 80.2 Å². The standard InChI is InChI=1S/C30H37NO4/c1-17(2)20-16-30-14-11-21-28(3,12-8-13-29(21,4)27(34)35)22(30)15-19(20)23-24(30)26(33)31(25(23)32)18-9-6-5-7-10-18/h5-7,9-10,16-17,19,21-24H,8,11-15H2,1-4H3,(H,34,35)/t19?,21?,22?,23-,24+,28+,29-,30?/m1/s1. The smallest absolute Gasteiger partial charge is 0.309 e. The summed E-state index contributed by atoms with van der Waals surface area (Å²) >= 11 is 0. The number of anilines is 1. The third-order valence-electron chi connectivity index (χ3n) is 11.2. The number of allylic oxidation sites excluding steroid dienone is 2. The number of benzene rings is 1. The molecule has 7 rings (SSSR count). The molecule has 5 heteroatoms. The number of amides is 2. The van der Waals surface area contributed by atoms with Gasteiger partial charge >= 0.3 is 5.97 Å². The maximum Gasteiger partial charge on any atom is 0.309 e. The number of hydrogen-bond acceptors (Lipinski definition) is 3. The van der Waals surface area contributed by atoms with Gasteiger partial charge in [-0.3, -0.25) is 19.3 Å². The van der Waals surface area contributed by atoms with E-state index in [2.05, 4.69) is 26.8 Å². The maximum atomic E-state index is 14.1. The first-order valence-electron chi connectivity index (χ1n) is 13.4. The Labute approximate surface area is 208 Å². The van der Waals surface area contributed by atoms with Crippen LogP contribution >= 0.6 is 0 Å². The van der Waals surface area contributed by atoms with Crippen LogP contribution in [0.1, 0.15) is 66.2 Å². The summed E-state index contributed by atoms with van der Waals surface area (Å²) in [5.41, 5.74) is 0.789. The van der Waals surface area contributed by atoms with Crippen molar-refractivity contribution in [3.63, 3.8) is 0 Å². The van der Waals surface area contributed by atoms with Crippen molar-refractivity contribution in [3.05, 3.63) is 42.0 Å². The quantitative estimate of drug-likeness (QED) is 0.449. The first-order chi connectivity index (χ1) is 16.6. The summed E-state index contributed by atoms with van der Waals surface area (Å²) < 4.78 is 0. The molecule has 3 saturated carbocycles. The minimum Gasteiger partial charge on any atom is -0.481 e. The van der Waals surface area contributed by atoms with Gasteiger partial charge < -0.3 is 5.11 Å². The highest BCUT2D eigenvalue weighted by Crippen LogP contribution is 2.74. The molecule has 0 radical (unpaired) electrons. The van der Waals surface area contributed by atoms with Gasteiger partial charge in [-0.2, -0.15) is 0 Å². The number of para-hydroxylation sites is 1. The number of imide groups is 1. The number of carbonyl (C=O) groups is 3. The number of fused-ring (bicyclic) bond motifs is 1. The summed E-state index contributed by atoms with van der Waals surface area (Å²) in [6.45, 7) is 8.69. The average molecular weight is 476 g/mol. The van der Waals surface area contributed by atoms with Crippen molar-refractivity contribution in [1.29, 1.82) is 0 Å². The molecule has 4 unspecified atom stereocenters. The van der Waals surface area contributed by atoms with E-state index in [1.54, 1.807) is 0 Å². The van der Waals surface area contributed by atoms with Crippen molar-refractivity contribution >= 4 is 23.5 Å². The minimum atomic E-state index is -0.721. The monoisotopic (exact) mass is 475 g/mol. The number of nitrogens with zero attached hydrogens (tertiary/aromatic N) is 1. The van der Waals surface area contributed by atoms with Gasteiger partial charge in [-0.15, -0.1) is 0 Å². The van der Waals surface area contributed by atoms with Crippen molar-refractivity contribution in [2.45, 2.75) is 66.2 Å². The Morgan fingerprint density at radius 3 is 2.40 bits per heavy atom. The van der Waals surface area contributed by atoms with Crippen LogP contribution in [0.4, 0.5) is 5.69 Å². The number of aliphatic carboxylic acids is 1. The normalized spacial score (nSPS) is 44.1. The lowest BCUT2D eigenvalue weighted by Crippen LogP contribution is -2.65. The van der Waals surface area contributed by atoms with Crippen LogP contribution in [0.2, 0.25) is 0 Å². The van der Waals surface area contributed by atoms with E-state index in [-0.39, 0.29) is 52.2 Å². The fourth-order valence-corrected chi connectivity index (χ4v) is 9.79. The van der Waals surface area contributed by atoms with Gasteiger partial charge in [-0.25, -0.2) is 0 Å². The van der Waals surface area contributed by atoms with Gasteiger partial charge in [0.1, 0.15) is 0 Å². The Morgan fingerprint density at radius 2 is 1.74 bits per heavy atom. The van der Waals surface area contributed by atoms with Gasteiger partial charge in [-0.1, -0.05) is 57.0 Å². The van der Waals surface area contributed by atoms with E-state index in [0.717, 1.165) is 38.5 Å². The summed E-state index contributed by atoms with van der Waals surface area (Å²) in [4.78, 5) is 42.0. The zero-order chi connectivity index (χ0) is 24.9. The molecule has 4 fully saturated rings. The summed E-state index contributed by atoms with van der Waals surface area (Å²) in [5, 5.41) is 10.3. The van der Waals surface area contributed by atoms with E-state index >= 15 is 0 Å². The molecular weight excluding hydrogens is 438 g/mol. The third kappa shape index (κ3) is 2.73. The zero-order valence-electron chi connectivity index (χ0n) is 21.3. The van der Waals surface area contributed by atoms with Gasteiger partial charge in [0.25, 0.3) is 0 Å². The van der Waals surface area contributed by atoms with E-state index in [1.807, 2.05) is 37.3 Å². The second kappa shape index (κ2) is 7.30. The first kappa shape index (κ1) is 23.0. The lowest BCUT2D eigenvalue weighted by atomic mass is 9.34. The van der Waals surface area contributed by atoms with E-state index in [4.69, 9.17) is 0 Å². The fourth-order valence-electron chi connectivity index (χ4n) is 9.79. The molecule has 1 saturated heterocycles. The van der Waals surface area contributed by atoms with Crippen LogP contribution in [-0.4, -0.2) is 22.9 Å². The highest BCUT2D eigenvalue weighted by atomic mass is 16.4. The van der Waals surface area contributed by atoms with Crippen molar-refractivity contribution in [2.24, 2.45) is 51.8 Å². The maximum absolute atomic E-state index is 14.1. The Kier molecular flexibility index (Phi) is 4.80. The number of hydrogen-bond donors (Lipinski definition) is 1. The Hall–Kier alpha value is -2.43. The molecule has 1 spiro atoms. The van der Waals surface area contributed by atoms with Crippen LogP contribution < -0.4 is 4.90 Å². The van der Waals surface area contributed by atoms with Gasteiger partial charge in [0.05, 0.1) is 22.9 Å². The van der Waals surface area contributed by atoms with Gasteiger partial charge in [0, 0.05) is 5.41 Å². The Bertz CT molecular complexity index is 1140. The van der Waals surface area contributed by atoms with Crippen LogP contribution in [0.15, 0.2) is 42.0 Å². The summed E-state index contributed by atoms with van der Waals surface area (Å²) in [7, 11) is 0. The topological polar surface area (TPSA) is 74.7 Å². The fraction of sp³-hybridized carbons (Fsp3) is 0.633. The van der Waals surface area contributed by atoms with Crippen LogP contribution in [0.5, 0.6) is 0 Å². The first-order valence-corrected chi connectivity index (χ1v) is 13.4. The predicted molar refractivity (Wildman–Crippen MR) is 133 cm³/mol. The molecule has 0 aromatic heterocycles. The largest absolute Gasteiger partial charge is 0.481 e. The lowest BCUT2D eigenvalue weighted by Gasteiger charge is -2.68. The Balaban J connectivity index is 1.50. The van der Waals surface area contributed by atoms with Crippen LogP contribution in [0.25, 0.3) is 0 Å². The molecule has 1 aliphatic heterocycles. The van der Waals surface area contributed by atoms with E-state index in [1.165, 1.54) is 10.5 Å². The van der Waals surface area contributed by atoms with Crippen LogP contribution in [0, 0.1) is 51.8 Å². The summed E-state index contributed by atoms with van der Waals surface area (Å²) in [6.07, 6.45) is 7.58. The van der Waals surface area contributed by atoms with Gasteiger partial charge in [0.2, 0.25) is 11.8 Å². The summed E-state index contributed by atoms with van der Waals surface area (Å²) in [5.74, 6) is -0.668. The molecule has 1 heterocycles. The molecule has 2 amide bonds. The molecule has 5 aliphatic carbocycles. The highest BCUT2D eigenvalue weighted by Gasteiger charge is 2.73. The minimum absolute atomic E-state index is 0.0356. The molecule has 2 bridgehead atoms. The molecule has 1 aromatic rings. The number of carboxylic acids is 1. The number of rotatable bonds is 3. The Morgan fingerprint density at radius 1 is 1.03 bits per heavy atom. The SMILES string of the molecule is CC(C)C1=CC23CCC4[C@](C)(CCC[C@@]4(C)C(=O)O)C2CC1[C@H]1C(=O)N(c2ccccc2)C(=O)[C@H]13. The van der Waals surface area contributed by atoms with Crippen LogP contribution in [-0.2, 0) is 14.4 Å². The summed E-state index contributed by atoms with van der Waals surface area (Å²) in [6, 6.07) is 9.39. The predicted octanol–water partition coefficient (Wildman–Crippen LogP) is 5.70. The lowest BCUT2D eigenvalue weighted by molar-refractivity contribution is -0.194. The third-order valence-corrected chi connectivity index (χ3v) is 11.2. The molecule has 6 aliphatic rings. The van der Waals surface area contributed by atoms with Crippen molar-refractivity contribution in [3.8, 4) is 0 Å². The van der Waals surface area contributed by atoms with Crippen LogP contribution in [0.3, 0.4) is 0 Å². The number of carboxylic acid groups (broad SMARTS) is 1. The number of carbonyl (C=O) groups excluding carboxylic acids is 2. The van der Waals surface area contributed by atoms with Crippen molar-refractivity contribution < 1.29 is 19.5 Å². The molecule has 1 aromatic carbocycles. The van der Waals surface area contributed by atoms with E-state index in [0.29, 0.717) is 11.6 Å². The van der Waals surface area contributed by atoms with E-state index < -0.39 is 11.4 Å². The molecule has 5 nitrogen and oxygen atoms in total. The van der Waals surface area contributed by atoms with Gasteiger partial charge in [0.15, 0.2) is 0 Å². The molecule has 1 N–H and O–H groups in total. The van der Waals surface area contributed by atoms with Crippen molar-refractivity contribution in [2.75, 3.05) is 4.90 Å². The zero-order valence-corrected chi connectivity index (χ0v) is 21.3. The van der Waals surface area contributed by atoms with E-state index in [9.17, 15) is 19.5 Å². The molecule has 8 atom stereocenters.